The minimum Gasteiger partial charge on any atom is -0.493 e. The number of hydrogen-bond acceptors (Lipinski definition) is 5. The summed E-state index contributed by atoms with van der Waals surface area (Å²) in [5.74, 6) is -0.727. The minimum absolute atomic E-state index is 0.0984. The van der Waals surface area contributed by atoms with Crippen molar-refractivity contribution in [3.05, 3.63) is 63.5 Å². The van der Waals surface area contributed by atoms with Crippen molar-refractivity contribution in [3.8, 4) is 11.5 Å². The van der Waals surface area contributed by atoms with Gasteiger partial charge in [0.2, 0.25) is 0 Å². The molecule has 0 aliphatic carbocycles. The fourth-order valence-electron chi connectivity index (χ4n) is 2.24. The first-order valence-corrected chi connectivity index (χ1v) is 7.30. The number of methoxy groups -OCH3 is 1. The topological polar surface area (TPSA) is 81.9 Å². The lowest BCUT2D eigenvalue weighted by Gasteiger charge is -2.17. The van der Waals surface area contributed by atoms with E-state index in [4.69, 9.17) is 9.47 Å². The lowest BCUT2D eigenvalue weighted by atomic mass is 10.1. The molecule has 0 atom stereocenters. The minimum atomic E-state index is -0.760. The van der Waals surface area contributed by atoms with Crippen LogP contribution < -0.4 is 9.47 Å². The summed E-state index contributed by atoms with van der Waals surface area (Å²) in [6, 6.07) is 8.29. The molecule has 0 aromatic heterocycles. The van der Waals surface area contributed by atoms with Crippen LogP contribution in [0.2, 0.25) is 0 Å². The van der Waals surface area contributed by atoms with Crippen molar-refractivity contribution in [2.45, 2.75) is 6.61 Å². The number of para-hydroxylation sites is 1. The van der Waals surface area contributed by atoms with Crippen LogP contribution in [0, 0.1) is 15.9 Å². The Morgan fingerprint density at radius 2 is 1.92 bits per heavy atom. The molecule has 7 nitrogen and oxygen atoms in total. The number of hydrogen-bond donors (Lipinski definition) is 0. The van der Waals surface area contributed by atoms with Gasteiger partial charge in [0, 0.05) is 20.2 Å². The molecule has 1 amide bonds. The van der Waals surface area contributed by atoms with Crippen molar-refractivity contribution in [3.63, 3.8) is 0 Å². The smallest absolute Gasteiger partial charge is 0.278 e. The van der Waals surface area contributed by atoms with Crippen LogP contribution in [0.4, 0.5) is 10.1 Å². The van der Waals surface area contributed by atoms with Gasteiger partial charge in [-0.15, -0.1) is 0 Å². The zero-order valence-corrected chi connectivity index (χ0v) is 14.0. The number of halogens is 1. The summed E-state index contributed by atoms with van der Waals surface area (Å²) in [7, 11) is 4.55. The monoisotopic (exact) mass is 348 g/mol. The Bertz CT molecular complexity index is 808. The van der Waals surface area contributed by atoms with Gasteiger partial charge in [-0.2, -0.15) is 0 Å². The summed E-state index contributed by atoms with van der Waals surface area (Å²) in [6.07, 6.45) is 0. The maximum absolute atomic E-state index is 14.0. The highest BCUT2D eigenvalue weighted by Gasteiger charge is 2.22. The van der Waals surface area contributed by atoms with E-state index in [-0.39, 0.29) is 28.5 Å². The van der Waals surface area contributed by atoms with Crippen molar-refractivity contribution in [1.82, 2.24) is 4.90 Å². The second-order valence-electron chi connectivity index (χ2n) is 5.32. The lowest BCUT2D eigenvalue weighted by molar-refractivity contribution is -0.386. The zero-order valence-electron chi connectivity index (χ0n) is 14.0. The first-order valence-electron chi connectivity index (χ1n) is 7.30. The molecule has 0 heterocycles. The molecule has 0 N–H and O–H groups in total. The van der Waals surface area contributed by atoms with Crippen molar-refractivity contribution in [2.24, 2.45) is 0 Å². The van der Waals surface area contributed by atoms with Gasteiger partial charge >= 0.3 is 0 Å². The van der Waals surface area contributed by atoms with E-state index in [0.29, 0.717) is 0 Å². The van der Waals surface area contributed by atoms with Crippen molar-refractivity contribution in [1.29, 1.82) is 0 Å². The molecule has 8 heteroatoms. The van der Waals surface area contributed by atoms with Crippen LogP contribution in [0.15, 0.2) is 36.4 Å². The number of ether oxygens (including phenoxy) is 2. The number of benzene rings is 2. The van der Waals surface area contributed by atoms with Gasteiger partial charge in [0.25, 0.3) is 11.6 Å². The number of nitrogens with zero attached hydrogens (tertiary/aromatic N) is 2. The Morgan fingerprint density at radius 3 is 2.52 bits per heavy atom. The largest absolute Gasteiger partial charge is 0.493 e. The molecule has 0 spiro atoms. The third-order valence-corrected chi connectivity index (χ3v) is 3.49. The predicted molar refractivity (Wildman–Crippen MR) is 88.4 cm³/mol. The van der Waals surface area contributed by atoms with Crippen LogP contribution in [0.5, 0.6) is 11.5 Å². The Balaban J connectivity index is 2.42. The second-order valence-corrected chi connectivity index (χ2v) is 5.32. The number of nitro benzene ring substituents is 1. The van der Waals surface area contributed by atoms with Gasteiger partial charge in [0.15, 0.2) is 11.5 Å². The molecule has 0 saturated heterocycles. The van der Waals surface area contributed by atoms with E-state index in [1.807, 2.05) is 0 Å². The quantitative estimate of drug-likeness (QED) is 0.592. The van der Waals surface area contributed by atoms with E-state index in [1.165, 1.54) is 30.2 Å². The van der Waals surface area contributed by atoms with Crippen LogP contribution >= 0.6 is 0 Å². The Morgan fingerprint density at radius 1 is 1.24 bits per heavy atom. The van der Waals surface area contributed by atoms with E-state index in [1.54, 1.807) is 26.2 Å². The van der Waals surface area contributed by atoms with Gasteiger partial charge < -0.3 is 14.4 Å². The predicted octanol–water partition coefficient (Wildman–Crippen LogP) is 3.02. The Hall–Kier alpha value is -3.16. The number of rotatable bonds is 6. The molecule has 2 aromatic carbocycles. The summed E-state index contributed by atoms with van der Waals surface area (Å²) in [4.78, 5) is 24.0. The van der Waals surface area contributed by atoms with Gasteiger partial charge in [0.05, 0.1) is 17.6 Å². The highest BCUT2D eigenvalue weighted by Crippen LogP contribution is 2.33. The molecule has 0 fully saturated rings. The Kier molecular flexibility index (Phi) is 5.53. The molecular formula is C17H17FN2O5. The molecule has 0 aliphatic heterocycles. The molecule has 132 valence electrons. The fourth-order valence-corrected chi connectivity index (χ4v) is 2.24. The molecule has 2 rings (SSSR count). The standard InChI is InChI=1S/C17H17FN2O5/c1-19(2)17(21)11-6-4-9-15(24-3)16(11)25-10-12-13(18)7-5-8-14(12)20(22)23/h4-9H,10H2,1-3H3. The van der Waals surface area contributed by atoms with Crippen LogP contribution in [-0.4, -0.2) is 36.9 Å². The molecule has 0 radical (unpaired) electrons. The summed E-state index contributed by atoms with van der Waals surface area (Å²) in [5, 5.41) is 11.1. The molecule has 25 heavy (non-hydrogen) atoms. The van der Waals surface area contributed by atoms with Crippen LogP contribution in [0.25, 0.3) is 0 Å². The summed E-state index contributed by atoms with van der Waals surface area (Å²) in [6.45, 7) is -0.420. The van der Waals surface area contributed by atoms with Crippen LogP contribution in [-0.2, 0) is 6.61 Å². The van der Waals surface area contributed by atoms with Gasteiger partial charge in [-0.05, 0) is 18.2 Å². The van der Waals surface area contributed by atoms with Crippen molar-refractivity contribution < 1.29 is 23.6 Å². The summed E-state index contributed by atoms with van der Waals surface area (Å²) < 4.78 is 24.8. The number of carbonyl (C=O) groups excluding carboxylic acids is 1. The molecule has 0 bridgehead atoms. The van der Waals surface area contributed by atoms with Crippen molar-refractivity contribution in [2.75, 3.05) is 21.2 Å². The summed E-state index contributed by atoms with van der Waals surface area (Å²) in [5.41, 5.74) is -0.389. The second kappa shape index (κ2) is 7.61. The molecule has 0 aliphatic rings. The Labute approximate surface area is 143 Å². The van der Waals surface area contributed by atoms with Crippen molar-refractivity contribution >= 4 is 11.6 Å². The third-order valence-electron chi connectivity index (χ3n) is 3.49. The van der Waals surface area contributed by atoms with Gasteiger partial charge in [-0.1, -0.05) is 12.1 Å². The van der Waals surface area contributed by atoms with E-state index in [2.05, 4.69) is 0 Å². The third kappa shape index (κ3) is 3.85. The molecular weight excluding hydrogens is 331 g/mol. The molecule has 0 saturated carbocycles. The normalized spacial score (nSPS) is 10.2. The first kappa shape index (κ1) is 18.2. The van der Waals surface area contributed by atoms with E-state index in [9.17, 15) is 19.3 Å². The van der Waals surface area contributed by atoms with Gasteiger partial charge in [-0.3, -0.25) is 14.9 Å². The van der Waals surface area contributed by atoms with Gasteiger partial charge in [0.1, 0.15) is 18.0 Å². The van der Waals surface area contributed by atoms with E-state index < -0.39 is 23.0 Å². The fraction of sp³-hybridized carbons (Fsp3) is 0.235. The van der Waals surface area contributed by atoms with Crippen LogP contribution in [0.3, 0.4) is 0 Å². The maximum Gasteiger partial charge on any atom is 0.278 e. The van der Waals surface area contributed by atoms with Crippen LogP contribution in [0.1, 0.15) is 15.9 Å². The first-order chi connectivity index (χ1) is 11.9. The number of amides is 1. The highest BCUT2D eigenvalue weighted by molar-refractivity contribution is 5.97. The average molecular weight is 348 g/mol. The average Bonchev–Trinajstić information content (AvgIpc) is 2.59. The maximum atomic E-state index is 14.0. The van der Waals surface area contributed by atoms with Gasteiger partial charge in [-0.25, -0.2) is 4.39 Å². The lowest BCUT2D eigenvalue weighted by Crippen LogP contribution is -2.22. The SMILES string of the molecule is COc1cccc(C(=O)N(C)C)c1OCc1c(F)cccc1[N+](=O)[O-]. The zero-order chi connectivity index (χ0) is 18.6. The van der Waals surface area contributed by atoms with E-state index >= 15 is 0 Å². The summed E-state index contributed by atoms with van der Waals surface area (Å²) >= 11 is 0. The number of nitro groups is 1. The molecule has 0 unspecified atom stereocenters. The number of carbonyl (C=O) groups is 1. The highest BCUT2D eigenvalue weighted by atomic mass is 19.1. The molecule has 2 aromatic rings. The van der Waals surface area contributed by atoms with E-state index in [0.717, 1.165) is 6.07 Å².